The molecule has 0 saturated carbocycles. The minimum absolute atomic E-state index is 0.0382. The van der Waals surface area contributed by atoms with Crippen LogP contribution in [0, 0.1) is 11.3 Å². The summed E-state index contributed by atoms with van der Waals surface area (Å²) in [5.41, 5.74) is 0.766. The molecule has 144 valence electrons. The van der Waals surface area contributed by atoms with Crippen LogP contribution in [0.3, 0.4) is 0 Å². The third-order valence-corrected chi connectivity index (χ3v) is 5.72. The summed E-state index contributed by atoms with van der Waals surface area (Å²) >= 11 is 0. The first-order valence-electron chi connectivity index (χ1n) is 8.30. The second kappa shape index (κ2) is 8.68. The van der Waals surface area contributed by atoms with Crippen LogP contribution in [-0.4, -0.2) is 32.6 Å². The third kappa shape index (κ3) is 5.08. The fourth-order valence-electron chi connectivity index (χ4n) is 2.76. The van der Waals surface area contributed by atoms with Crippen molar-refractivity contribution in [2.75, 3.05) is 7.05 Å². The molecule has 1 aromatic rings. The molecule has 1 aromatic carbocycles. The molecule has 8 nitrogen and oxygen atoms in total. The van der Waals surface area contributed by atoms with Crippen LogP contribution in [0.5, 0.6) is 5.75 Å². The Hall–Kier alpha value is -2.86. The van der Waals surface area contributed by atoms with Gasteiger partial charge in [-0.05, 0) is 32.3 Å². The van der Waals surface area contributed by atoms with Gasteiger partial charge in [0.25, 0.3) is 0 Å². The van der Waals surface area contributed by atoms with Crippen LogP contribution in [-0.2, 0) is 26.3 Å². The molecule has 1 aliphatic carbocycles. The predicted octanol–water partition coefficient (Wildman–Crippen LogP) is 2.19. The number of amides is 1. The molecule has 1 unspecified atom stereocenters. The van der Waals surface area contributed by atoms with Gasteiger partial charge in [-0.3, -0.25) is 4.79 Å². The number of allylic oxidation sites excluding steroid dienone is 1. The summed E-state index contributed by atoms with van der Waals surface area (Å²) in [5.74, 6) is -0.338. The summed E-state index contributed by atoms with van der Waals surface area (Å²) in [4.78, 5) is 22.9. The Balaban J connectivity index is 2.22. The second-order valence-corrected chi connectivity index (χ2v) is 7.69. The fourth-order valence-corrected chi connectivity index (χ4v) is 4.28. The zero-order valence-electron chi connectivity index (χ0n) is 15.0. The van der Waals surface area contributed by atoms with E-state index in [2.05, 4.69) is 5.32 Å². The van der Waals surface area contributed by atoms with Gasteiger partial charge in [-0.15, -0.1) is 0 Å². The molecule has 0 aromatic heterocycles. The van der Waals surface area contributed by atoms with Crippen molar-refractivity contribution in [1.29, 1.82) is 5.26 Å². The number of nitriles is 1. The molecule has 1 aliphatic rings. The van der Waals surface area contributed by atoms with E-state index in [1.165, 1.54) is 32.2 Å². The highest BCUT2D eigenvalue weighted by atomic mass is 32.2. The molecular weight excluding hydrogens is 372 g/mol. The van der Waals surface area contributed by atoms with E-state index >= 15 is 0 Å². The first-order chi connectivity index (χ1) is 12.8. The molecule has 0 spiro atoms. The molecule has 27 heavy (non-hydrogen) atoms. The number of carbonyl (C=O) groups is 2. The maximum Gasteiger partial charge on any atom is 0.407 e. The molecular formula is C18H20N2O6S. The molecule has 1 atom stereocenters. The molecule has 1 amide bonds. The highest BCUT2D eigenvalue weighted by Gasteiger charge is 2.34. The summed E-state index contributed by atoms with van der Waals surface area (Å²) < 4.78 is 35.3. The first-order valence-corrected chi connectivity index (χ1v) is 9.77. The van der Waals surface area contributed by atoms with E-state index in [9.17, 15) is 23.3 Å². The van der Waals surface area contributed by atoms with Gasteiger partial charge in [-0.2, -0.15) is 13.7 Å². The Labute approximate surface area is 157 Å². The Kier molecular flexibility index (Phi) is 6.58. The number of hydrogen-bond donors (Lipinski definition) is 1. The van der Waals surface area contributed by atoms with Gasteiger partial charge in [-0.25, -0.2) is 4.79 Å². The number of ketones is 1. The molecule has 0 radical (unpaired) electrons. The quantitative estimate of drug-likeness (QED) is 0.736. The lowest BCUT2D eigenvalue weighted by molar-refractivity contribution is -0.113. The van der Waals surface area contributed by atoms with Gasteiger partial charge in [0.1, 0.15) is 17.6 Å². The van der Waals surface area contributed by atoms with Crippen LogP contribution in [0.2, 0.25) is 0 Å². The lowest BCUT2D eigenvalue weighted by Crippen LogP contribution is -2.32. The summed E-state index contributed by atoms with van der Waals surface area (Å²) in [7, 11) is -2.68. The molecule has 2 rings (SSSR count). The maximum atomic E-state index is 12.6. The van der Waals surface area contributed by atoms with E-state index in [-0.39, 0.29) is 29.3 Å². The third-order valence-electron chi connectivity index (χ3n) is 4.11. The zero-order valence-corrected chi connectivity index (χ0v) is 15.8. The van der Waals surface area contributed by atoms with E-state index in [0.717, 1.165) is 0 Å². The van der Waals surface area contributed by atoms with Crippen LogP contribution >= 0.6 is 0 Å². The van der Waals surface area contributed by atoms with E-state index in [1.54, 1.807) is 6.08 Å². The van der Waals surface area contributed by atoms with Gasteiger partial charge in [0, 0.05) is 24.3 Å². The maximum absolute atomic E-state index is 12.6. The first kappa shape index (κ1) is 20.5. The van der Waals surface area contributed by atoms with Gasteiger partial charge in [0.2, 0.25) is 0 Å². The number of ether oxygens (including phenoxy) is 1. The summed E-state index contributed by atoms with van der Waals surface area (Å²) in [5, 5.41) is 10.5. The Bertz CT molecular complexity index is 914. The van der Waals surface area contributed by atoms with Gasteiger partial charge in [-0.1, -0.05) is 12.1 Å². The SMILES string of the molecule is CNC(=O)OCc1ccc(OS(=O)(=O)C2CCCC=C2C(C)=O)cc1C#N. The summed E-state index contributed by atoms with van der Waals surface area (Å²) in [6.45, 7) is 1.18. The molecule has 0 heterocycles. The average molecular weight is 392 g/mol. The number of alkyl carbamates (subject to hydrolysis) is 1. The number of hydrogen-bond acceptors (Lipinski definition) is 7. The molecule has 0 aliphatic heterocycles. The molecule has 9 heteroatoms. The predicted molar refractivity (Wildman–Crippen MR) is 96.4 cm³/mol. The van der Waals surface area contributed by atoms with Gasteiger partial charge in [0.05, 0.1) is 11.6 Å². The standard InChI is InChI=1S/C18H20N2O6S/c1-12(21)16-5-3-4-6-17(16)27(23,24)26-15-8-7-13(14(9-15)10-19)11-25-18(22)20-2/h5,7-9,17H,3-4,6,11H2,1-2H3,(H,20,22). The van der Waals surface area contributed by atoms with Crippen molar-refractivity contribution >= 4 is 22.0 Å². The van der Waals surface area contributed by atoms with Gasteiger partial charge >= 0.3 is 16.2 Å². The molecule has 0 saturated heterocycles. The van der Waals surface area contributed by atoms with Crippen molar-refractivity contribution in [1.82, 2.24) is 5.32 Å². The number of Topliss-reactive ketones (excluding diaryl/α,β-unsaturated/α-hetero) is 1. The molecule has 0 fully saturated rings. The number of benzene rings is 1. The van der Waals surface area contributed by atoms with E-state index in [1.807, 2.05) is 6.07 Å². The van der Waals surface area contributed by atoms with Crippen molar-refractivity contribution in [3.8, 4) is 11.8 Å². The van der Waals surface area contributed by atoms with Gasteiger partial charge in [0.15, 0.2) is 5.78 Å². The fraction of sp³-hybridized carbons (Fsp3) is 0.389. The Morgan fingerprint density at radius 3 is 2.74 bits per heavy atom. The number of nitrogens with zero attached hydrogens (tertiary/aromatic N) is 1. The van der Waals surface area contributed by atoms with Crippen molar-refractivity contribution in [3.63, 3.8) is 0 Å². The minimum atomic E-state index is -4.09. The summed E-state index contributed by atoms with van der Waals surface area (Å²) in [6, 6.07) is 6.01. The van der Waals surface area contributed by atoms with Gasteiger partial charge < -0.3 is 14.2 Å². The van der Waals surface area contributed by atoms with E-state index in [0.29, 0.717) is 24.8 Å². The van der Waals surface area contributed by atoms with Crippen LogP contribution < -0.4 is 9.50 Å². The number of rotatable bonds is 6. The van der Waals surface area contributed by atoms with Crippen molar-refractivity contribution in [3.05, 3.63) is 41.0 Å². The van der Waals surface area contributed by atoms with Crippen LogP contribution in [0.25, 0.3) is 0 Å². The second-order valence-electron chi connectivity index (χ2n) is 5.97. The Morgan fingerprint density at radius 2 is 2.11 bits per heavy atom. The lowest BCUT2D eigenvalue weighted by Gasteiger charge is -2.22. The van der Waals surface area contributed by atoms with Crippen LogP contribution in [0.4, 0.5) is 4.79 Å². The lowest BCUT2D eigenvalue weighted by atomic mass is 9.96. The minimum Gasteiger partial charge on any atom is -0.445 e. The highest BCUT2D eigenvalue weighted by molar-refractivity contribution is 7.88. The van der Waals surface area contributed by atoms with Crippen LogP contribution in [0.1, 0.15) is 37.3 Å². The van der Waals surface area contributed by atoms with Crippen molar-refractivity contribution in [2.24, 2.45) is 0 Å². The van der Waals surface area contributed by atoms with Crippen LogP contribution in [0.15, 0.2) is 29.8 Å². The van der Waals surface area contributed by atoms with Crippen molar-refractivity contribution in [2.45, 2.75) is 38.0 Å². The smallest absolute Gasteiger partial charge is 0.407 e. The number of nitrogens with one attached hydrogen (secondary N) is 1. The largest absolute Gasteiger partial charge is 0.445 e. The monoisotopic (exact) mass is 392 g/mol. The average Bonchev–Trinajstić information content (AvgIpc) is 2.66. The van der Waals surface area contributed by atoms with Crippen molar-refractivity contribution < 1.29 is 26.9 Å². The molecule has 1 N–H and O–H groups in total. The summed E-state index contributed by atoms with van der Waals surface area (Å²) in [6.07, 6.45) is 2.58. The normalized spacial score (nSPS) is 16.6. The number of carbonyl (C=O) groups excluding carboxylic acids is 2. The Morgan fingerprint density at radius 1 is 1.37 bits per heavy atom. The molecule has 0 bridgehead atoms. The zero-order chi connectivity index (χ0) is 20.0. The topological polar surface area (TPSA) is 123 Å². The van der Waals surface area contributed by atoms with E-state index in [4.69, 9.17) is 8.92 Å². The van der Waals surface area contributed by atoms with E-state index < -0.39 is 21.5 Å². The highest BCUT2D eigenvalue weighted by Crippen LogP contribution is 2.28.